The fourth-order valence-corrected chi connectivity index (χ4v) is 2.33. The number of aromatic amines is 1. The van der Waals surface area contributed by atoms with Crippen LogP contribution in [0.2, 0.25) is 0 Å². The van der Waals surface area contributed by atoms with Crippen LogP contribution in [0.4, 0.5) is 0 Å². The number of nitrogens with one attached hydrogen (secondary N) is 1. The van der Waals surface area contributed by atoms with Crippen molar-refractivity contribution in [2.45, 2.75) is 0 Å². The first-order valence-corrected chi connectivity index (χ1v) is 6.16. The monoisotopic (exact) mass is 283 g/mol. The van der Waals surface area contributed by atoms with Gasteiger partial charge in [0.2, 0.25) is 5.88 Å². The number of fused-ring (bicyclic) bond motifs is 1. The van der Waals surface area contributed by atoms with Crippen LogP contribution < -0.4 is 4.74 Å². The zero-order valence-electron chi connectivity index (χ0n) is 10.5. The van der Waals surface area contributed by atoms with Gasteiger partial charge in [0.25, 0.3) is 0 Å². The Hall–Kier alpha value is -2.72. The molecule has 0 fully saturated rings. The SMILES string of the molecule is COc1ncnc2c1[nH]c(=S)n2-c1ccccc1C#N. The molecule has 3 rings (SSSR count). The van der Waals surface area contributed by atoms with E-state index in [1.54, 1.807) is 16.7 Å². The molecule has 0 bridgehead atoms. The van der Waals surface area contributed by atoms with Gasteiger partial charge in [-0.3, -0.25) is 4.57 Å². The van der Waals surface area contributed by atoms with Gasteiger partial charge < -0.3 is 9.72 Å². The van der Waals surface area contributed by atoms with Gasteiger partial charge in [-0.25, -0.2) is 4.98 Å². The van der Waals surface area contributed by atoms with Crippen molar-refractivity contribution in [2.24, 2.45) is 0 Å². The zero-order valence-corrected chi connectivity index (χ0v) is 11.3. The lowest BCUT2D eigenvalue weighted by Gasteiger charge is -2.05. The molecule has 0 spiro atoms. The summed E-state index contributed by atoms with van der Waals surface area (Å²) in [5.41, 5.74) is 2.37. The molecule has 2 heterocycles. The number of aromatic nitrogens is 4. The van der Waals surface area contributed by atoms with Crippen LogP contribution in [0.5, 0.6) is 5.88 Å². The summed E-state index contributed by atoms with van der Waals surface area (Å²) in [5, 5.41) is 9.22. The molecular formula is C13H9N5OS. The normalized spacial score (nSPS) is 10.4. The molecule has 3 aromatic rings. The second kappa shape index (κ2) is 4.75. The van der Waals surface area contributed by atoms with Gasteiger partial charge in [0.1, 0.15) is 17.9 Å². The average molecular weight is 283 g/mol. The maximum Gasteiger partial charge on any atom is 0.242 e. The van der Waals surface area contributed by atoms with Gasteiger partial charge in [-0.1, -0.05) is 12.1 Å². The van der Waals surface area contributed by atoms with Crippen molar-refractivity contribution in [1.82, 2.24) is 19.5 Å². The summed E-state index contributed by atoms with van der Waals surface area (Å²) in [6.45, 7) is 0. The average Bonchev–Trinajstić information content (AvgIpc) is 2.82. The molecule has 0 amide bonds. The minimum absolute atomic E-state index is 0.411. The van der Waals surface area contributed by atoms with E-state index >= 15 is 0 Å². The Morgan fingerprint density at radius 1 is 1.35 bits per heavy atom. The number of nitrogens with zero attached hydrogens (tertiary/aromatic N) is 4. The van der Waals surface area contributed by atoms with E-state index in [1.165, 1.54) is 13.4 Å². The second-order valence-electron chi connectivity index (χ2n) is 3.98. The van der Waals surface area contributed by atoms with E-state index in [9.17, 15) is 5.26 Å². The highest BCUT2D eigenvalue weighted by molar-refractivity contribution is 7.71. The predicted octanol–water partition coefficient (Wildman–Crippen LogP) is 2.36. The molecule has 0 aliphatic heterocycles. The van der Waals surface area contributed by atoms with Crippen molar-refractivity contribution in [2.75, 3.05) is 7.11 Å². The Balaban J connectivity index is 2.41. The third-order valence-electron chi connectivity index (χ3n) is 2.90. The van der Waals surface area contributed by atoms with Gasteiger partial charge in [0, 0.05) is 0 Å². The first-order chi connectivity index (χ1) is 9.76. The van der Waals surface area contributed by atoms with Crippen molar-refractivity contribution in [1.29, 1.82) is 5.26 Å². The molecule has 0 aliphatic rings. The van der Waals surface area contributed by atoms with Gasteiger partial charge in [0.15, 0.2) is 10.4 Å². The Morgan fingerprint density at radius 2 is 2.15 bits per heavy atom. The van der Waals surface area contributed by atoms with E-state index in [4.69, 9.17) is 17.0 Å². The molecule has 1 N–H and O–H groups in total. The van der Waals surface area contributed by atoms with Crippen LogP contribution in [0.25, 0.3) is 16.9 Å². The van der Waals surface area contributed by atoms with Crippen molar-refractivity contribution in [3.05, 3.63) is 40.9 Å². The van der Waals surface area contributed by atoms with Crippen molar-refractivity contribution < 1.29 is 4.74 Å². The number of H-pyrrole nitrogens is 1. The molecular weight excluding hydrogens is 274 g/mol. The van der Waals surface area contributed by atoms with Crippen LogP contribution in [0.15, 0.2) is 30.6 Å². The van der Waals surface area contributed by atoms with Crippen LogP contribution in [-0.2, 0) is 0 Å². The quantitative estimate of drug-likeness (QED) is 0.730. The molecule has 1 aromatic carbocycles. The van der Waals surface area contributed by atoms with Crippen LogP contribution in [0, 0.1) is 16.1 Å². The lowest BCUT2D eigenvalue weighted by atomic mass is 10.2. The summed E-state index contributed by atoms with van der Waals surface area (Å²) in [4.78, 5) is 11.3. The van der Waals surface area contributed by atoms with Gasteiger partial charge in [-0.05, 0) is 24.4 Å². The Bertz CT molecular complexity index is 890. The van der Waals surface area contributed by atoms with Crippen LogP contribution in [0.3, 0.4) is 0 Å². The first-order valence-electron chi connectivity index (χ1n) is 5.75. The van der Waals surface area contributed by atoms with Crippen molar-refractivity contribution >= 4 is 23.4 Å². The van der Waals surface area contributed by atoms with Gasteiger partial charge in [-0.2, -0.15) is 10.2 Å². The van der Waals surface area contributed by atoms with E-state index in [2.05, 4.69) is 21.0 Å². The lowest BCUT2D eigenvalue weighted by Crippen LogP contribution is -1.99. The number of nitriles is 1. The number of para-hydroxylation sites is 1. The molecule has 2 aromatic heterocycles. The number of benzene rings is 1. The molecule has 0 aliphatic carbocycles. The fourth-order valence-electron chi connectivity index (χ4n) is 2.04. The fraction of sp³-hybridized carbons (Fsp3) is 0.0769. The summed E-state index contributed by atoms with van der Waals surface area (Å²) in [6.07, 6.45) is 1.40. The Kier molecular flexibility index (Phi) is 2.93. The number of rotatable bonds is 2. The Morgan fingerprint density at radius 3 is 2.90 bits per heavy atom. The van der Waals surface area contributed by atoms with Gasteiger partial charge in [-0.15, -0.1) is 0 Å². The summed E-state index contributed by atoms with van der Waals surface area (Å²) >= 11 is 5.32. The molecule has 0 saturated heterocycles. The summed E-state index contributed by atoms with van der Waals surface area (Å²) in [7, 11) is 1.53. The number of imidazole rings is 1. The minimum Gasteiger partial charge on any atom is -0.479 e. The summed E-state index contributed by atoms with van der Waals surface area (Å²) in [6, 6.07) is 9.34. The highest BCUT2D eigenvalue weighted by Gasteiger charge is 2.14. The van der Waals surface area contributed by atoms with E-state index in [0.717, 1.165) is 0 Å². The number of methoxy groups -OCH3 is 1. The van der Waals surface area contributed by atoms with E-state index < -0.39 is 0 Å². The van der Waals surface area contributed by atoms with E-state index in [-0.39, 0.29) is 0 Å². The number of ether oxygens (including phenoxy) is 1. The van der Waals surface area contributed by atoms with Crippen molar-refractivity contribution in [3.8, 4) is 17.6 Å². The topological polar surface area (TPSA) is 79.5 Å². The maximum atomic E-state index is 9.22. The number of hydrogen-bond donors (Lipinski definition) is 1. The molecule has 98 valence electrons. The molecule has 6 nitrogen and oxygen atoms in total. The highest BCUT2D eigenvalue weighted by atomic mass is 32.1. The maximum absolute atomic E-state index is 9.22. The lowest BCUT2D eigenvalue weighted by molar-refractivity contribution is 0.401. The largest absolute Gasteiger partial charge is 0.479 e. The molecule has 20 heavy (non-hydrogen) atoms. The van der Waals surface area contributed by atoms with Crippen LogP contribution >= 0.6 is 12.2 Å². The highest BCUT2D eigenvalue weighted by Crippen LogP contribution is 2.24. The standard InChI is InChI=1S/C13H9N5OS/c1-19-12-10-11(15-7-16-12)18(13(20)17-10)9-5-3-2-4-8(9)6-14/h2-5,7H,1H3,(H,17,20). The number of hydrogen-bond acceptors (Lipinski definition) is 5. The summed E-state index contributed by atoms with van der Waals surface area (Å²) < 4.78 is 7.31. The van der Waals surface area contributed by atoms with Gasteiger partial charge >= 0.3 is 0 Å². The third-order valence-corrected chi connectivity index (χ3v) is 3.18. The molecule has 0 radical (unpaired) electrons. The molecule has 0 saturated carbocycles. The molecule has 0 atom stereocenters. The smallest absolute Gasteiger partial charge is 0.242 e. The van der Waals surface area contributed by atoms with E-state index in [0.29, 0.717) is 33.1 Å². The summed E-state index contributed by atoms with van der Waals surface area (Å²) in [5.74, 6) is 0.411. The van der Waals surface area contributed by atoms with Crippen LogP contribution in [-0.4, -0.2) is 26.6 Å². The molecule has 0 unspecified atom stereocenters. The minimum atomic E-state index is 0.411. The van der Waals surface area contributed by atoms with Crippen molar-refractivity contribution in [3.63, 3.8) is 0 Å². The predicted molar refractivity (Wildman–Crippen MR) is 75.3 cm³/mol. The van der Waals surface area contributed by atoms with Gasteiger partial charge in [0.05, 0.1) is 18.4 Å². The zero-order chi connectivity index (χ0) is 14.1. The second-order valence-corrected chi connectivity index (χ2v) is 4.36. The van der Waals surface area contributed by atoms with E-state index in [1.807, 2.05) is 12.1 Å². The first kappa shape index (κ1) is 12.3. The van der Waals surface area contributed by atoms with Crippen LogP contribution in [0.1, 0.15) is 5.56 Å². The third kappa shape index (κ3) is 1.74. The Labute approximate surface area is 119 Å². The molecule has 7 heteroatoms.